The second-order valence-electron chi connectivity index (χ2n) is 6.00. The molecule has 1 N–H and O–H groups in total. The third kappa shape index (κ3) is 2.66. The van der Waals surface area contributed by atoms with Gasteiger partial charge in [-0.15, -0.1) is 0 Å². The maximum atomic E-state index is 6.43. The van der Waals surface area contributed by atoms with Gasteiger partial charge in [0.15, 0.2) is 0 Å². The van der Waals surface area contributed by atoms with E-state index in [0.29, 0.717) is 10.4 Å². The van der Waals surface area contributed by atoms with Crippen molar-refractivity contribution in [2.75, 3.05) is 13.6 Å². The molecule has 0 spiro atoms. The van der Waals surface area contributed by atoms with E-state index in [1.54, 1.807) is 0 Å². The fourth-order valence-electron chi connectivity index (χ4n) is 3.80. The van der Waals surface area contributed by atoms with Crippen LogP contribution < -0.4 is 5.32 Å². The zero-order chi connectivity index (χ0) is 14.1. The summed E-state index contributed by atoms with van der Waals surface area (Å²) < 4.78 is 0. The summed E-state index contributed by atoms with van der Waals surface area (Å²) in [4.78, 5) is 0. The van der Waals surface area contributed by atoms with E-state index >= 15 is 0 Å². The molecular weight excluding hydrogens is 277 g/mol. The van der Waals surface area contributed by atoms with Gasteiger partial charge in [-0.1, -0.05) is 56.0 Å². The average molecular weight is 300 g/mol. The second kappa shape index (κ2) is 5.63. The molecule has 0 unspecified atom stereocenters. The standard InChI is InChI=1S/C16H23Cl2N/c1-4-15(5-2)9-16(10-15,11-19-3)13-7-6-12(17)8-14(13)18/h6-8,19H,4-5,9-11H2,1-3H3. The Bertz CT molecular complexity index is 444. The molecule has 1 aromatic carbocycles. The predicted octanol–water partition coefficient (Wildman–Crippen LogP) is 5.05. The summed E-state index contributed by atoms with van der Waals surface area (Å²) in [5, 5.41) is 4.87. The van der Waals surface area contributed by atoms with Crippen LogP contribution in [-0.4, -0.2) is 13.6 Å². The molecule has 1 aliphatic carbocycles. The Morgan fingerprint density at radius 1 is 1.16 bits per heavy atom. The molecule has 19 heavy (non-hydrogen) atoms. The van der Waals surface area contributed by atoms with E-state index in [9.17, 15) is 0 Å². The van der Waals surface area contributed by atoms with Gasteiger partial charge < -0.3 is 5.32 Å². The fraction of sp³-hybridized carbons (Fsp3) is 0.625. The third-order valence-corrected chi connectivity index (χ3v) is 5.49. The van der Waals surface area contributed by atoms with Crippen molar-refractivity contribution in [3.63, 3.8) is 0 Å². The van der Waals surface area contributed by atoms with E-state index in [1.165, 1.54) is 31.2 Å². The molecule has 0 atom stereocenters. The van der Waals surface area contributed by atoms with Gasteiger partial charge in [0.25, 0.3) is 0 Å². The number of likely N-dealkylation sites (N-methyl/N-ethyl adjacent to an activating group) is 1. The number of benzene rings is 1. The molecule has 2 rings (SSSR count). The van der Waals surface area contributed by atoms with Crippen LogP contribution in [0.2, 0.25) is 10.0 Å². The Balaban J connectivity index is 2.32. The van der Waals surface area contributed by atoms with Crippen LogP contribution in [0, 0.1) is 5.41 Å². The molecule has 0 aromatic heterocycles. The lowest BCUT2D eigenvalue weighted by atomic mass is 9.48. The van der Waals surface area contributed by atoms with Crippen molar-refractivity contribution in [1.29, 1.82) is 0 Å². The lowest BCUT2D eigenvalue weighted by Crippen LogP contribution is -2.54. The van der Waals surface area contributed by atoms with Crippen molar-refractivity contribution in [3.05, 3.63) is 33.8 Å². The summed E-state index contributed by atoms with van der Waals surface area (Å²) in [6, 6.07) is 5.93. The maximum absolute atomic E-state index is 6.43. The van der Waals surface area contributed by atoms with Gasteiger partial charge in [0.2, 0.25) is 0 Å². The van der Waals surface area contributed by atoms with Crippen molar-refractivity contribution in [3.8, 4) is 0 Å². The Labute approximate surface area is 126 Å². The first-order chi connectivity index (χ1) is 9.01. The van der Waals surface area contributed by atoms with E-state index in [0.717, 1.165) is 11.6 Å². The first-order valence-corrected chi connectivity index (χ1v) is 7.86. The molecule has 1 fully saturated rings. The molecule has 1 aromatic rings. The van der Waals surface area contributed by atoms with Crippen LogP contribution in [0.4, 0.5) is 0 Å². The molecule has 106 valence electrons. The minimum Gasteiger partial charge on any atom is -0.319 e. The van der Waals surface area contributed by atoms with E-state index in [4.69, 9.17) is 23.2 Å². The van der Waals surface area contributed by atoms with Crippen LogP contribution in [0.3, 0.4) is 0 Å². The Hall–Kier alpha value is -0.240. The number of hydrogen-bond donors (Lipinski definition) is 1. The predicted molar refractivity (Wildman–Crippen MR) is 84.3 cm³/mol. The maximum Gasteiger partial charge on any atom is 0.0458 e. The number of rotatable bonds is 5. The van der Waals surface area contributed by atoms with Gasteiger partial charge in [-0.2, -0.15) is 0 Å². The van der Waals surface area contributed by atoms with Gasteiger partial charge >= 0.3 is 0 Å². The van der Waals surface area contributed by atoms with Gasteiger partial charge in [-0.3, -0.25) is 0 Å². The van der Waals surface area contributed by atoms with Crippen LogP contribution in [0.1, 0.15) is 45.1 Å². The number of hydrogen-bond acceptors (Lipinski definition) is 1. The van der Waals surface area contributed by atoms with Crippen LogP contribution in [0.25, 0.3) is 0 Å². The van der Waals surface area contributed by atoms with Crippen LogP contribution in [0.5, 0.6) is 0 Å². The highest BCUT2D eigenvalue weighted by atomic mass is 35.5. The lowest BCUT2D eigenvalue weighted by Gasteiger charge is -2.57. The fourth-order valence-corrected chi connectivity index (χ4v) is 4.41. The first-order valence-electron chi connectivity index (χ1n) is 7.11. The molecule has 0 amide bonds. The topological polar surface area (TPSA) is 12.0 Å². The highest BCUT2D eigenvalue weighted by Crippen LogP contribution is 2.60. The molecule has 0 heterocycles. The lowest BCUT2D eigenvalue weighted by molar-refractivity contribution is 0.0141. The summed E-state index contributed by atoms with van der Waals surface area (Å²) in [7, 11) is 2.02. The van der Waals surface area contributed by atoms with Crippen LogP contribution in [0.15, 0.2) is 18.2 Å². The van der Waals surface area contributed by atoms with E-state index < -0.39 is 0 Å². The normalized spacial score (nSPS) is 20.1. The monoisotopic (exact) mass is 299 g/mol. The van der Waals surface area contributed by atoms with Crippen molar-refractivity contribution >= 4 is 23.2 Å². The average Bonchev–Trinajstić information content (AvgIpc) is 2.34. The Morgan fingerprint density at radius 2 is 1.79 bits per heavy atom. The highest BCUT2D eigenvalue weighted by molar-refractivity contribution is 6.35. The Morgan fingerprint density at radius 3 is 2.26 bits per heavy atom. The molecular formula is C16H23Cl2N. The molecule has 0 radical (unpaired) electrons. The summed E-state index contributed by atoms with van der Waals surface area (Å²) >= 11 is 12.4. The quantitative estimate of drug-likeness (QED) is 0.802. The highest BCUT2D eigenvalue weighted by Gasteiger charge is 2.53. The minimum atomic E-state index is 0.183. The summed E-state index contributed by atoms with van der Waals surface area (Å²) in [5.41, 5.74) is 1.94. The van der Waals surface area contributed by atoms with E-state index in [2.05, 4.69) is 25.2 Å². The van der Waals surface area contributed by atoms with Crippen LogP contribution in [-0.2, 0) is 5.41 Å². The molecule has 1 saturated carbocycles. The van der Waals surface area contributed by atoms with Crippen molar-refractivity contribution in [2.24, 2.45) is 5.41 Å². The summed E-state index contributed by atoms with van der Waals surface area (Å²) in [5.74, 6) is 0. The molecule has 0 saturated heterocycles. The van der Waals surface area contributed by atoms with Gasteiger partial charge in [-0.05, 0) is 43.0 Å². The third-order valence-electron chi connectivity index (χ3n) is 4.94. The van der Waals surface area contributed by atoms with E-state index in [1.807, 2.05) is 19.2 Å². The molecule has 3 heteroatoms. The van der Waals surface area contributed by atoms with Crippen molar-refractivity contribution in [2.45, 2.75) is 44.9 Å². The van der Waals surface area contributed by atoms with E-state index in [-0.39, 0.29) is 5.41 Å². The molecule has 1 aliphatic rings. The summed E-state index contributed by atoms with van der Waals surface area (Å²) in [6.45, 7) is 5.59. The number of halogens is 2. The number of nitrogens with one attached hydrogen (secondary N) is 1. The van der Waals surface area contributed by atoms with Gasteiger partial charge in [0.05, 0.1) is 0 Å². The molecule has 1 nitrogen and oxygen atoms in total. The van der Waals surface area contributed by atoms with Gasteiger partial charge in [-0.25, -0.2) is 0 Å². The zero-order valence-electron chi connectivity index (χ0n) is 12.0. The zero-order valence-corrected chi connectivity index (χ0v) is 13.5. The smallest absolute Gasteiger partial charge is 0.0458 e. The Kier molecular flexibility index (Phi) is 4.49. The minimum absolute atomic E-state index is 0.183. The van der Waals surface area contributed by atoms with Gasteiger partial charge in [0.1, 0.15) is 0 Å². The van der Waals surface area contributed by atoms with Crippen LogP contribution >= 0.6 is 23.2 Å². The van der Waals surface area contributed by atoms with Crippen molar-refractivity contribution < 1.29 is 0 Å². The SMILES string of the molecule is CCC1(CC)CC(CNC)(c2ccc(Cl)cc2Cl)C1. The summed E-state index contributed by atoms with van der Waals surface area (Å²) in [6.07, 6.45) is 4.94. The van der Waals surface area contributed by atoms with Gasteiger partial charge in [0, 0.05) is 22.0 Å². The molecule has 0 bridgehead atoms. The molecule has 0 aliphatic heterocycles. The largest absolute Gasteiger partial charge is 0.319 e. The van der Waals surface area contributed by atoms with Crippen molar-refractivity contribution in [1.82, 2.24) is 5.32 Å². The second-order valence-corrected chi connectivity index (χ2v) is 6.84. The first kappa shape index (κ1) is 15.2.